The van der Waals surface area contributed by atoms with Crippen molar-refractivity contribution in [3.8, 4) is 0 Å². The molecule has 4 rings (SSSR count). The second-order valence-corrected chi connectivity index (χ2v) is 6.80. The van der Waals surface area contributed by atoms with Crippen LogP contribution in [0.25, 0.3) is 11.0 Å². The molecular formula is C23H21FN4O. The first kappa shape index (κ1) is 18.8. The van der Waals surface area contributed by atoms with Gasteiger partial charge >= 0.3 is 0 Å². The Balaban J connectivity index is 1.45. The van der Waals surface area contributed by atoms with Crippen molar-refractivity contribution in [3.63, 3.8) is 0 Å². The van der Waals surface area contributed by atoms with Crippen LogP contribution in [0.2, 0.25) is 0 Å². The number of rotatable bonds is 7. The first-order valence-corrected chi connectivity index (χ1v) is 9.58. The minimum absolute atomic E-state index is 0.176. The van der Waals surface area contributed by atoms with Crippen molar-refractivity contribution in [1.29, 1.82) is 0 Å². The molecule has 0 aliphatic rings. The quantitative estimate of drug-likeness (QED) is 0.487. The first-order chi connectivity index (χ1) is 14.2. The van der Waals surface area contributed by atoms with E-state index in [-0.39, 0.29) is 11.7 Å². The van der Waals surface area contributed by atoms with E-state index < -0.39 is 0 Å². The number of benzene rings is 2. The molecule has 0 atom stereocenters. The van der Waals surface area contributed by atoms with Crippen LogP contribution in [0.5, 0.6) is 0 Å². The predicted octanol–water partition coefficient (Wildman–Crippen LogP) is 3.98. The van der Waals surface area contributed by atoms with Crippen molar-refractivity contribution in [2.75, 3.05) is 6.54 Å². The van der Waals surface area contributed by atoms with Crippen LogP contribution in [0.4, 0.5) is 4.39 Å². The maximum absolute atomic E-state index is 13.2. The topological polar surface area (TPSA) is 59.8 Å². The molecule has 2 aromatic carbocycles. The number of pyridine rings is 1. The van der Waals surface area contributed by atoms with E-state index in [2.05, 4.69) is 14.9 Å². The Bertz CT molecular complexity index is 1110. The highest BCUT2D eigenvalue weighted by molar-refractivity contribution is 5.92. The number of halogens is 1. The first-order valence-electron chi connectivity index (χ1n) is 9.58. The van der Waals surface area contributed by atoms with E-state index >= 15 is 0 Å². The molecule has 0 bridgehead atoms. The van der Waals surface area contributed by atoms with Gasteiger partial charge in [0.15, 0.2) is 0 Å². The van der Waals surface area contributed by atoms with Crippen LogP contribution in [0.15, 0.2) is 72.9 Å². The van der Waals surface area contributed by atoms with Crippen molar-refractivity contribution < 1.29 is 9.18 Å². The van der Waals surface area contributed by atoms with E-state index in [9.17, 15) is 9.18 Å². The maximum atomic E-state index is 13.2. The molecule has 0 radical (unpaired) electrons. The van der Waals surface area contributed by atoms with E-state index in [4.69, 9.17) is 4.98 Å². The number of nitrogens with one attached hydrogen (secondary N) is 1. The van der Waals surface area contributed by atoms with Crippen molar-refractivity contribution in [2.24, 2.45) is 0 Å². The summed E-state index contributed by atoms with van der Waals surface area (Å²) in [5, 5.41) is 2.90. The van der Waals surface area contributed by atoms with Crippen molar-refractivity contribution >= 4 is 16.9 Å². The van der Waals surface area contributed by atoms with Crippen LogP contribution in [0.3, 0.4) is 0 Å². The summed E-state index contributed by atoms with van der Waals surface area (Å²) >= 11 is 0. The molecule has 0 unspecified atom stereocenters. The van der Waals surface area contributed by atoms with E-state index in [0.717, 1.165) is 35.3 Å². The number of carbonyl (C=O) groups excluding carboxylic acids is 1. The Morgan fingerprint density at radius 2 is 1.79 bits per heavy atom. The van der Waals surface area contributed by atoms with Crippen molar-refractivity contribution in [3.05, 3.63) is 95.8 Å². The van der Waals surface area contributed by atoms with Gasteiger partial charge in [-0.3, -0.25) is 9.78 Å². The Morgan fingerprint density at radius 3 is 2.59 bits per heavy atom. The number of imidazole rings is 1. The lowest BCUT2D eigenvalue weighted by molar-refractivity contribution is 0.0948. The standard InChI is InChI=1S/C23H21FN4O/c24-18-12-10-17(11-13-18)16-28-21-8-2-1-6-19(21)27-22(28)9-5-15-26-23(29)20-7-3-4-14-25-20/h1-4,6-8,10-14H,5,9,15-16H2,(H,26,29). The number of aromatic nitrogens is 3. The average molecular weight is 388 g/mol. The number of carbonyl (C=O) groups is 1. The van der Waals surface area contributed by atoms with Gasteiger partial charge < -0.3 is 9.88 Å². The molecule has 0 fully saturated rings. The highest BCUT2D eigenvalue weighted by Gasteiger charge is 2.11. The lowest BCUT2D eigenvalue weighted by Crippen LogP contribution is -2.25. The zero-order valence-corrected chi connectivity index (χ0v) is 15.9. The number of aryl methyl sites for hydroxylation is 1. The number of hydrogen-bond donors (Lipinski definition) is 1. The smallest absolute Gasteiger partial charge is 0.269 e. The van der Waals surface area contributed by atoms with Crippen LogP contribution in [0, 0.1) is 5.82 Å². The molecule has 1 amide bonds. The van der Waals surface area contributed by atoms with E-state index in [1.807, 2.05) is 24.3 Å². The minimum atomic E-state index is -0.242. The van der Waals surface area contributed by atoms with E-state index in [0.29, 0.717) is 18.8 Å². The molecule has 0 saturated heterocycles. The minimum Gasteiger partial charge on any atom is -0.351 e. The number of hydrogen-bond acceptors (Lipinski definition) is 3. The van der Waals surface area contributed by atoms with Crippen LogP contribution in [0.1, 0.15) is 28.3 Å². The highest BCUT2D eigenvalue weighted by atomic mass is 19.1. The van der Waals surface area contributed by atoms with Gasteiger partial charge in [-0.15, -0.1) is 0 Å². The van der Waals surface area contributed by atoms with Gasteiger partial charge in [0.05, 0.1) is 11.0 Å². The number of fused-ring (bicyclic) bond motifs is 1. The molecule has 29 heavy (non-hydrogen) atoms. The van der Waals surface area contributed by atoms with Gasteiger partial charge in [-0.2, -0.15) is 0 Å². The Morgan fingerprint density at radius 1 is 1.00 bits per heavy atom. The molecular weight excluding hydrogens is 367 g/mol. The summed E-state index contributed by atoms with van der Waals surface area (Å²) in [6.07, 6.45) is 3.08. The summed E-state index contributed by atoms with van der Waals surface area (Å²) in [6.45, 7) is 1.16. The summed E-state index contributed by atoms with van der Waals surface area (Å²) in [4.78, 5) is 20.9. The molecule has 5 nitrogen and oxygen atoms in total. The summed E-state index contributed by atoms with van der Waals surface area (Å²) < 4.78 is 15.4. The van der Waals surface area contributed by atoms with Gasteiger partial charge in [-0.05, 0) is 48.4 Å². The van der Waals surface area contributed by atoms with Gasteiger partial charge in [-0.25, -0.2) is 9.37 Å². The lowest BCUT2D eigenvalue weighted by atomic mass is 10.2. The summed E-state index contributed by atoms with van der Waals surface area (Å²) in [5.41, 5.74) is 3.40. The van der Waals surface area contributed by atoms with Gasteiger partial charge in [-0.1, -0.05) is 30.3 Å². The van der Waals surface area contributed by atoms with Gasteiger partial charge in [0.2, 0.25) is 0 Å². The fourth-order valence-corrected chi connectivity index (χ4v) is 3.30. The molecule has 0 aliphatic heterocycles. The van der Waals surface area contributed by atoms with E-state index in [1.54, 1.807) is 36.5 Å². The SMILES string of the molecule is O=C(NCCCc1nc2ccccc2n1Cc1ccc(F)cc1)c1ccccn1. The fourth-order valence-electron chi connectivity index (χ4n) is 3.30. The highest BCUT2D eigenvalue weighted by Crippen LogP contribution is 2.19. The Hall–Kier alpha value is -3.54. The Labute approximate surface area is 168 Å². The Kier molecular flexibility index (Phi) is 5.61. The largest absolute Gasteiger partial charge is 0.351 e. The van der Waals surface area contributed by atoms with E-state index in [1.165, 1.54) is 12.1 Å². The number of amides is 1. The number of nitrogens with zero attached hydrogens (tertiary/aromatic N) is 3. The zero-order valence-electron chi connectivity index (χ0n) is 15.9. The number of para-hydroxylation sites is 2. The summed E-state index contributed by atoms with van der Waals surface area (Å²) in [6, 6.07) is 19.8. The second-order valence-electron chi connectivity index (χ2n) is 6.80. The average Bonchev–Trinajstić information content (AvgIpc) is 3.10. The second kappa shape index (κ2) is 8.65. The van der Waals surface area contributed by atoms with Gasteiger partial charge in [0, 0.05) is 25.7 Å². The van der Waals surface area contributed by atoms with Crippen LogP contribution < -0.4 is 5.32 Å². The molecule has 146 valence electrons. The zero-order chi connectivity index (χ0) is 20.1. The van der Waals surface area contributed by atoms with Crippen molar-refractivity contribution in [2.45, 2.75) is 19.4 Å². The van der Waals surface area contributed by atoms with Crippen LogP contribution in [-0.4, -0.2) is 27.0 Å². The summed E-state index contributed by atoms with van der Waals surface area (Å²) in [7, 11) is 0. The van der Waals surface area contributed by atoms with Crippen molar-refractivity contribution in [1.82, 2.24) is 19.9 Å². The van der Waals surface area contributed by atoms with Gasteiger partial charge in [0.1, 0.15) is 17.3 Å². The van der Waals surface area contributed by atoms with Gasteiger partial charge in [0.25, 0.3) is 5.91 Å². The molecule has 4 aromatic rings. The van der Waals surface area contributed by atoms with Crippen LogP contribution in [-0.2, 0) is 13.0 Å². The monoisotopic (exact) mass is 388 g/mol. The van der Waals surface area contributed by atoms with Crippen LogP contribution >= 0.6 is 0 Å². The fraction of sp³-hybridized carbons (Fsp3) is 0.174. The maximum Gasteiger partial charge on any atom is 0.269 e. The third-order valence-corrected chi connectivity index (χ3v) is 4.75. The molecule has 2 heterocycles. The molecule has 6 heteroatoms. The molecule has 0 spiro atoms. The molecule has 0 aliphatic carbocycles. The third-order valence-electron chi connectivity index (χ3n) is 4.75. The lowest BCUT2D eigenvalue weighted by Gasteiger charge is -2.10. The molecule has 2 aromatic heterocycles. The third kappa shape index (κ3) is 4.48. The molecule has 1 N–H and O–H groups in total. The molecule has 0 saturated carbocycles. The predicted molar refractivity (Wildman–Crippen MR) is 110 cm³/mol. The summed E-state index contributed by atoms with van der Waals surface area (Å²) in [5.74, 6) is 0.529. The normalized spacial score (nSPS) is 10.9.